The van der Waals surface area contributed by atoms with Crippen molar-refractivity contribution >= 4 is 29.0 Å². The third-order valence-corrected chi connectivity index (χ3v) is 3.43. The van der Waals surface area contributed by atoms with Gasteiger partial charge >= 0.3 is 0 Å². The molecule has 112 valence electrons. The Labute approximate surface area is 131 Å². The number of halogens is 2. The summed E-state index contributed by atoms with van der Waals surface area (Å²) in [5, 5.41) is 2.07. The van der Waals surface area contributed by atoms with Gasteiger partial charge in [0, 0.05) is 11.8 Å². The van der Waals surface area contributed by atoms with Gasteiger partial charge in [-0.1, -0.05) is 18.2 Å². The molecule has 0 saturated heterocycles. The number of hydrogen-bond acceptors (Lipinski definition) is 2. The van der Waals surface area contributed by atoms with Crippen molar-refractivity contribution in [3.05, 3.63) is 54.5 Å². The minimum atomic E-state index is -0.686. The number of nitrogens with zero attached hydrogens (tertiary/aromatic N) is 2. The maximum Gasteiger partial charge on any atom is 0.243 e. The number of amides is 1. The Bertz CT molecular complexity index is 844. The lowest BCUT2D eigenvalue weighted by molar-refractivity contribution is -0.115. The van der Waals surface area contributed by atoms with Crippen LogP contribution in [0.1, 0.15) is 6.92 Å². The molecule has 1 unspecified atom stereocenters. The van der Waals surface area contributed by atoms with Gasteiger partial charge in [0.15, 0.2) is 0 Å². The first-order valence-corrected chi connectivity index (χ1v) is 7.18. The molecule has 0 aliphatic heterocycles. The summed E-state index contributed by atoms with van der Waals surface area (Å²) in [5.41, 5.74) is 1.73. The summed E-state index contributed by atoms with van der Waals surface area (Å²) in [7, 11) is 0. The minimum absolute atomic E-state index is 0.343. The van der Waals surface area contributed by atoms with Crippen molar-refractivity contribution in [1.29, 1.82) is 0 Å². The second kappa shape index (κ2) is 5.77. The highest BCUT2D eigenvalue weighted by Crippen LogP contribution is 2.29. The van der Waals surface area contributed by atoms with Crippen LogP contribution in [0.5, 0.6) is 0 Å². The van der Waals surface area contributed by atoms with Crippen molar-refractivity contribution in [2.24, 2.45) is 0 Å². The van der Waals surface area contributed by atoms with Crippen LogP contribution in [0.3, 0.4) is 0 Å². The number of carbonyl (C=O) groups excluding carboxylic acids is 1. The number of carbonyl (C=O) groups is 1. The van der Waals surface area contributed by atoms with E-state index < -0.39 is 5.38 Å². The predicted molar refractivity (Wildman–Crippen MR) is 84.5 cm³/mol. The number of aromatic nitrogens is 2. The van der Waals surface area contributed by atoms with Crippen LogP contribution in [0.2, 0.25) is 0 Å². The van der Waals surface area contributed by atoms with E-state index in [0.29, 0.717) is 22.7 Å². The highest BCUT2D eigenvalue weighted by atomic mass is 35.5. The summed E-state index contributed by atoms with van der Waals surface area (Å²) in [6.45, 7) is 1.59. The fraction of sp³-hybridized carbons (Fsp3) is 0.125. The van der Waals surface area contributed by atoms with Crippen molar-refractivity contribution < 1.29 is 9.18 Å². The second-order valence-corrected chi connectivity index (χ2v) is 5.51. The van der Waals surface area contributed by atoms with Gasteiger partial charge in [-0.05, 0) is 31.2 Å². The molecule has 0 aliphatic carbocycles. The van der Waals surface area contributed by atoms with Gasteiger partial charge in [0.2, 0.25) is 5.91 Å². The van der Waals surface area contributed by atoms with Gasteiger partial charge in [0.25, 0.3) is 0 Å². The quantitative estimate of drug-likeness (QED) is 0.749. The van der Waals surface area contributed by atoms with E-state index in [-0.39, 0.29) is 11.7 Å². The monoisotopic (exact) mass is 317 g/mol. The normalized spacial score (nSPS) is 12.3. The molecule has 4 nitrogen and oxygen atoms in total. The smallest absolute Gasteiger partial charge is 0.243 e. The molecule has 6 heteroatoms. The molecule has 0 bridgehead atoms. The Morgan fingerprint density at radius 3 is 2.86 bits per heavy atom. The molecule has 1 amide bonds. The van der Waals surface area contributed by atoms with E-state index in [4.69, 9.17) is 11.6 Å². The molecule has 1 aromatic carbocycles. The number of alkyl halides is 1. The molecule has 1 atom stereocenters. The minimum Gasteiger partial charge on any atom is -0.309 e. The molecule has 3 aromatic rings. The topological polar surface area (TPSA) is 46.4 Å². The Hall–Kier alpha value is -2.40. The van der Waals surface area contributed by atoms with Crippen molar-refractivity contribution in [1.82, 2.24) is 9.38 Å². The van der Waals surface area contributed by atoms with Crippen LogP contribution < -0.4 is 5.32 Å². The third kappa shape index (κ3) is 2.67. The van der Waals surface area contributed by atoms with Crippen LogP contribution in [0.25, 0.3) is 16.9 Å². The predicted octanol–water partition coefficient (Wildman–Crippen LogP) is 3.71. The van der Waals surface area contributed by atoms with E-state index in [1.54, 1.807) is 29.7 Å². The summed E-state index contributed by atoms with van der Waals surface area (Å²) in [6, 6.07) is 11.6. The number of benzene rings is 1. The van der Waals surface area contributed by atoms with E-state index in [0.717, 1.165) is 0 Å². The molecular weight excluding hydrogens is 305 g/mol. The van der Waals surface area contributed by atoms with Crippen LogP contribution in [0, 0.1) is 5.82 Å². The maximum absolute atomic E-state index is 13.5. The average Bonchev–Trinajstić information content (AvgIpc) is 2.86. The largest absolute Gasteiger partial charge is 0.309 e. The van der Waals surface area contributed by atoms with Crippen LogP contribution in [0.15, 0.2) is 48.7 Å². The lowest BCUT2D eigenvalue weighted by Gasteiger charge is -2.08. The van der Waals surface area contributed by atoms with Crippen LogP contribution >= 0.6 is 11.6 Å². The number of rotatable bonds is 3. The number of nitrogens with one attached hydrogen (secondary N) is 1. The van der Waals surface area contributed by atoms with Gasteiger partial charge in [0.1, 0.15) is 28.4 Å². The van der Waals surface area contributed by atoms with E-state index >= 15 is 0 Å². The molecular formula is C16H13ClFN3O. The fourth-order valence-electron chi connectivity index (χ4n) is 2.17. The maximum atomic E-state index is 13.5. The molecule has 0 radical (unpaired) electrons. The Kier molecular flexibility index (Phi) is 3.81. The molecule has 0 saturated carbocycles. The first-order valence-electron chi connectivity index (χ1n) is 6.74. The van der Waals surface area contributed by atoms with Crippen molar-refractivity contribution in [3.8, 4) is 11.3 Å². The third-order valence-electron chi connectivity index (χ3n) is 3.23. The molecule has 22 heavy (non-hydrogen) atoms. The zero-order valence-electron chi connectivity index (χ0n) is 11.8. The summed E-state index contributed by atoms with van der Waals surface area (Å²) in [6.07, 6.45) is 1.78. The molecule has 2 aromatic heterocycles. The number of hydrogen-bond donors (Lipinski definition) is 1. The van der Waals surface area contributed by atoms with Crippen LogP contribution in [0.4, 0.5) is 10.2 Å². The first-order chi connectivity index (χ1) is 10.6. The highest BCUT2D eigenvalue weighted by Gasteiger charge is 2.18. The van der Waals surface area contributed by atoms with Crippen molar-refractivity contribution in [3.63, 3.8) is 0 Å². The number of fused-ring (bicyclic) bond motifs is 1. The van der Waals surface area contributed by atoms with Gasteiger partial charge < -0.3 is 5.32 Å². The van der Waals surface area contributed by atoms with Gasteiger partial charge in [-0.25, -0.2) is 9.37 Å². The van der Waals surface area contributed by atoms with E-state index in [9.17, 15) is 9.18 Å². The van der Waals surface area contributed by atoms with E-state index in [1.165, 1.54) is 12.1 Å². The van der Waals surface area contributed by atoms with Crippen LogP contribution in [-0.4, -0.2) is 20.7 Å². The van der Waals surface area contributed by atoms with Gasteiger partial charge in [0.05, 0.1) is 0 Å². The Balaban J connectivity index is 2.18. The van der Waals surface area contributed by atoms with E-state index in [2.05, 4.69) is 10.3 Å². The highest BCUT2D eigenvalue weighted by molar-refractivity contribution is 6.32. The standard InChI is InChI=1S/C16H13ClFN3O/c1-10(17)16(22)20-15-14(11-5-4-6-12(18)9-11)19-13-7-2-3-8-21(13)15/h2-10H,1H3,(H,20,22). The first kappa shape index (κ1) is 14.5. The van der Waals surface area contributed by atoms with E-state index in [1.807, 2.05) is 18.2 Å². The Morgan fingerprint density at radius 2 is 2.14 bits per heavy atom. The molecule has 0 aliphatic rings. The zero-order valence-corrected chi connectivity index (χ0v) is 12.5. The summed E-state index contributed by atoms with van der Waals surface area (Å²) < 4.78 is 15.2. The number of imidazole rings is 1. The molecule has 2 heterocycles. The van der Waals surface area contributed by atoms with Gasteiger partial charge in [-0.3, -0.25) is 9.20 Å². The lowest BCUT2D eigenvalue weighted by atomic mass is 10.1. The zero-order chi connectivity index (χ0) is 15.7. The van der Waals surface area contributed by atoms with Gasteiger partial charge in [-0.15, -0.1) is 11.6 Å². The summed E-state index contributed by atoms with van der Waals surface area (Å²) in [5.74, 6) is -0.235. The molecule has 1 N–H and O–H groups in total. The molecule has 0 spiro atoms. The second-order valence-electron chi connectivity index (χ2n) is 4.85. The SMILES string of the molecule is CC(Cl)C(=O)Nc1c(-c2cccc(F)c2)nc2ccccn12. The van der Waals surface area contributed by atoms with Gasteiger partial charge in [-0.2, -0.15) is 0 Å². The summed E-state index contributed by atoms with van der Waals surface area (Å²) >= 11 is 5.82. The van der Waals surface area contributed by atoms with Crippen molar-refractivity contribution in [2.45, 2.75) is 12.3 Å². The number of pyridine rings is 1. The molecule has 0 fully saturated rings. The number of anilines is 1. The Morgan fingerprint density at radius 1 is 1.32 bits per heavy atom. The summed E-state index contributed by atoms with van der Waals surface area (Å²) in [4.78, 5) is 16.4. The molecule has 3 rings (SSSR count). The average molecular weight is 318 g/mol. The van der Waals surface area contributed by atoms with Crippen molar-refractivity contribution in [2.75, 3.05) is 5.32 Å². The van der Waals surface area contributed by atoms with Crippen LogP contribution in [-0.2, 0) is 4.79 Å². The fourth-order valence-corrected chi connectivity index (χ4v) is 2.22. The lowest BCUT2D eigenvalue weighted by Crippen LogP contribution is -2.21.